The van der Waals surface area contributed by atoms with Gasteiger partial charge >= 0.3 is 21.4 Å². The molecule has 0 aliphatic rings. The van der Waals surface area contributed by atoms with Crippen LogP contribution in [0.15, 0.2) is 0 Å². The molecule has 0 amide bonds. The lowest BCUT2D eigenvalue weighted by Gasteiger charge is -2.31. The van der Waals surface area contributed by atoms with E-state index in [0.29, 0.717) is 0 Å². The van der Waals surface area contributed by atoms with E-state index in [2.05, 4.69) is 0 Å². The predicted molar refractivity (Wildman–Crippen MR) is 43.8 cm³/mol. The number of halogens is 9. The van der Waals surface area contributed by atoms with Gasteiger partial charge in [-0.2, -0.15) is 35.1 Å². The van der Waals surface area contributed by atoms with Crippen LogP contribution in [0, 0.1) is 0 Å². The summed E-state index contributed by atoms with van der Waals surface area (Å²) in [5, 5.41) is -6.08. The molecule has 17 heavy (non-hydrogen) atoms. The molecule has 0 saturated carbocycles. The molecule has 0 N–H and O–H groups in total. The number of hydrogen-bond acceptors (Lipinski definition) is 3. The fraction of sp³-hybridized carbons (Fsp3) is 1.00. The number of alkyl halides is 9. The molecule has 0 aromatic carbocycles. The lowest BCUT2D eigenvalue weighted by atomic mass is 10.6. The van der Waals surface area contributed by atoms with Gasteiger partial charge in [0, 0.05) is 33.7 Å². The van der Waals surface area contributed by atoms with Crippen LogP contribution < -0.4 is 0 Å². The van der Waals surface area contributed by atoms with Crippen molar-refractivity contribution in [2.45, 2.75) is 21.4 Å². The molecule has 0 saturated heterocycles. The Bertz CT molecular complexity index is 314. The van der Waals surface area contributed by atoms with Crippen molar-refractivity contribution in [3.8, 4) is 0 Å². The van der Waals surface area contributed by atoms with E-state index in [-0.39, 0.29) is 22.6 Å². The minimum atomic E-state index is -6.32. The minimum absolute atomic E-state index is 0.336. The summed E-state index contributed by atoms with van der Waals surface area (Å²) in [6.07, 6.45) is -12.3. The highest BCUT2D eigenvalue weighted by Gasteiger charge is 2.69. The average Bonchev–Trinajstić information content (AvgIpc) is 1.98. The normalized spacial score (nSPS) is 17.1. The lowest BCUT2D eigenvalue weighted by molar-refractivity contribution is -0.438. The summed E-state index contributed by atoms with van der Waals surface area (Å²) in [6.45, 7) is 0. The van der Waals surface area contributed by atoms with Crippen LogP contribution in [0.5, 0.6) is 0 Å². The number of hydrogen-bond donors (Lipinski definition) is 0. The minimum Gasteiger partial charge on any atom is -0.768 e. The van der Waals surface area contributed by atoms with Crippen molar-refractivity contribution in [1.82, 2.24) is 0 Å². The first kappa shape index (κ1) is 17.2. The van der Waals surface area contributed by atoms with E-state index in [1.165, 1.54) is 0 Å². The van der Waals surface area contributed by atoms with E-state index in [1.807, 2.05) is 4.74 Å². The molecule has 0 aliphatic carbocycles. The van der Waals surface area contributed by atoms with E-state index in [1.54, 1.807) is 0 Å². The Morgan fingerprint density at radius 2 is 1.29 bits per heavy atom. The zero-order chi connectivity index (χ0) is 14.3. The highest BCUT2D eigenvalue weighted by molar-refractivity contribution is 14.1. The average molecular weight is 407 g/mol. The van der Waals surface area contributed by atoms with Crippen LogP contribution in [0.25, 0.3) is 0 Å². The lowest BCUT2D eigenvalue weighted by Crippen LogP contribution is -2.53. The molecule has 0 spiro atoms. The summed E-state index contributed by atoms with van der Waals surface area (Å²) in [5.74, 6) is 0. The van der Waals surface area contributed by atoms with Crippen LogP contribution in [0.3, 0.4) is 0 Å². The second-order valence-electron chi connectivity index (χ2n) is 2.38. The molecular weight excluding hydrogens is 407 g/mol. The molecule has 0 heterocycles. The third kappa shape index (κ3) is 3.60. The fourth-order valence-corrected chi connectivity index (χ4v) is 0.721. The van der Waals surface area contributed by atoms with Crippen molar-refractivity contribution in [3.63, 3.8) is 0 Å². The largest absolute Gasteiger partial charge is 0.768 e. The van der Waals surface area contributed by atoms with Gasteiger partial charge in [0.15, 0.2) is 0 Å². The predicted octanol–water partition coefficient (Wildman–Crippen LogP) is 2.69. The first-order chi connectivity index (χ1) is 7.15. The van der Waals surface area contributed by atoms with Gasteiger partial charge in [0.1, 0.15) is 0 Å². The summed E-state index contributed by atoms with van der Waals surface area (Å²) >= 11 is -5.18. The van der Waals surface area contributed by atoms with Crippen molar-refractivity contribution in [2.75, 3.05) is 0 Å². The Hall–Kier alpha value is 0.240. The van der Waals surface area contributed by atoms with Crippen LogP contribution in [0.2, 0.25) is 0 Å². The van der Waals surface area contributed by atoms with Gasteiger partial charge < -0.3 is 4.55 Å². The van der Waals surface area contributed by atoms with E-state index in [4.69, 9.17) is 0 Å². The maximum absolute atomic E-state index is 12.3. The summed E-state index contributed by atoms with van der Waals surface area (Å²) in [5.41, 5.74) is 0. The fourth-order valence-electron chi connectivity index (χ4n) is 0.375. The summed E-state index contributed by atoms with van der Waals surface area (Å²) in [7, 11) is 0. The van der Waals surface area contributed by atoms with E-state index in [0.717, 1.165) is 0 Å². The van der Waals surface area contributed by atoms with Crippen LogP contribution >= 0.6 is 22.6 Å². The van der Waals surface area contributed by atoms with Gasteiger partial charge in [0.05, 0.1) is 0 Å². The Labute approximate surface area is 104 Å². The van der Waals surface area contributed by atoms with Crippen molar-refractivity contribution in [1.29, 1.82) is 0 Å². The maximum Gasteiger partial charge on any atom is 0.435 e. The standard InChI is InChI=1S/C4HF8IO3S/c5-1(6,13)2(7,8)16-3(9,10)4(11,12)17(14)15/h(H,14,15)/p-1. The summed E-state index contributed by atoms with van der Waals surface area (Å²) < 4.78 is 113. The van der Waals surface area contributed by atoms with E-state index < -0.39 is 32.5 Å². The van der Waals surface area contributed by atoms with Gasteiger partial charge in [0.25, 0.3) is 0 Å². The molecule has 1 atom stereocenters. The molecule has 1 unspecified atom stereocenters. The molecule has 0 aromatic heterocycles. The second-order valence-corrected chi connectivity index (χ2v) is 4.72. The third-order valence-corrected chi connectivity index (χ3v) is 2.42. The molecular formula is C4F8IO3S-. The van der Waals surface area contributed by atoms with Gasteiger partial charge in [-0.3, -0.25) is 4.21 Å². The smallest absolute Gasteiger partial charge is 0.435 e. The van der Waals surface area contributed by atoms with Crippen LogP contribution in [-0.2, 0) is 15.8 Å². The molecule has 104 valence electrons. The highest BCUT2D eigenvalue weighted by atomic mass is 127. The molecule has 13 heteroatoms. The third-order valence-electron chi connectivity index (χ3n) is 1.13. The number of ether oxygens (including phenoxy) is 1. The topological polar surface area (TPSA) is 49.4 Å². The maximum atomic E-state index is 12.3. The molecule has 0 aliphatic heterocycles. The second kappa shape index (κ2) is 4.73. The molecule has 0 fully saturated rings. The van der Waals surface area contributed by atoms with Crippen LogP contribution in [-0.4, -0.2) is 30.2 Å². The van der Waals surface area contributed by atoms with E-state index >= 15 is 0 Å². The van der Waals surface area contributed by atoms with Gasteiger partial charge in [-0.05, 0) is 0 Å². The van der Waals surface area contributed by atoms with Crippen LogP contribution in [0.1, 0.15) is 0 Å². The molecule has 0 radical (unpaired) electrons. The SMILES string of the molecule is O=S([O-])C(F)(F)C(F)(F)OC(F)(F)C(F)(F)I. The van der Waals surface area contributed by atoms with Crippen LogP contribution in [0.4, 0.5) is 35.1 Å². The Balaban J connectivity index is 5.20. The molecule has 3 nitrogen and oxygen atoms in total. The molecule has 0 aromatic rings. The first-order valence-electron chi connectivity index (χ1n) is 3.15. The van der Waals surface area contributed by atoms with Gasteiger partial charge in [-0.1, -0.05) is 0 Å². The number of rotatable bonds is 5. The monoisotopic (exact) mass is 407 g/mol. The van der Waals surface area contributed by atoms with Gasteiger partial charge in [-0.15, -0.1) is 0 Å². The zero-order valence-corrected chi connectivity index (χ0v) is 10.0. The Kier molecular flexibility index (Phi) is 4.80. The van der Waals surface area contributed by atoms with Gasteiger partial charge in [0.2, 0.25) is 0 Å². The summed E-state index contributed by atoms with van der Waals surface area (Å²) in [6, 6.07) is 0. The highest BCUT2D eigenvalue weighted by Crippen LogP contribution is 2.48. The molecule has 0 rings (SSSR count). The van der Waals surface area contributed by atoms with Crippen molar-refractivity contribution < 1.29 is 48.6 Å². The summed E-state index contributed by atoms with van der Waals surface area (Å²) in [4.78, 5) is 0. The first-order valence-corrected chi connectivity index (χ1v) is 5.30. The van der Waals surface area contributed by atoms with Crippen molar-refractivity contribution >= 4 is 33.7 Å². The Morgan fingerprint density at radius 1 is 0.941 bits per heavy atom. The van der Waals surface area contributed by atoms with Crippen molar-refractivity contribution in [2.24, 2.45) is 0 Å². The van der Waals surface area contributed by atoms with E-state index in [9.17, 15) is 43.9 Å². The van der Waals surface area contributed by atoms with Crippen molar-refractivity contribution in [3.05, 3.63) is 0 Å². The quantitative estimate of drug-likeness (QED) is 0.305. The van der Waals surface area contributed by atoms with Gasteiger partial charge in [-0.25, -0.2) is 4.74 Å². The molecule has 0 bridgehead atoms. The Morgan fingerprint density at radius 3 is 1.53 bits per heavy atom. The zero-order valence-electron chi connectivity index (χ0n) is 7.03.